The molecule has 0 rings (SSSR count). The van der Waals surface area contributed by atoms with Crippen molar-refractivity contribution < 1.29 is 9.53 Å². The van der Waals surface area contributed by atoms with E-state index in [1.807, 2.05) is 0 Å². The molecule has 4 heteroatoms. The third kappa shape index (κ3) is 5.53. The van der Waals surface area contributed by atoms with E-state index in [-0.39, 0.29) is 18.7 Å². The first-order valence-corrected chi connectivity index (χ1v) is 3.31. The summed E-state index contributed by atoms with van der Waals surface area (Å²) in [6, 6.07) is 0. The van der Waals surface area contributed by atoms with E-state index in [4.69, 9.17) is 5.73 Å². The minimum atomic E-state index is -0.264. The maximum absolute atomic E-state index is 10.6. The number of rotatable bonds is 4. The zero-order chi connectivity index (χ0) is 7.98. The summed E-state index contributed by atoms with van der Waals surface area (Å²) in [7, 11) is 0. The van der Waals surface area contributed by atoms with E-state index in [1.165, 1.54) is 0 Å². The highest BCUT2D eigenvalue weighted by Crippen LogP contribution is 1.75. The minimum Gasteiger partial charge on any atom is -0.465 e. The van der Waals surface area contributed by atoms with Gasteiger partial charge in [-0.05, 0) is 13.8 Å². The molecule has 0 saturated carbocycles. The van der Waals surface area contributed by atoms with Crippen molar-refractivity contribution in [2.45, 2.75) is 20.0 Å². The molecule has 0 spiro atoms. The molecule has 0 bridgehead atoms. The molecule has 0 heterocycles. The Kier molecular flexibility index (Phi) is 4.88. The summed E-state index contributed by atoms with van der Waals surface area (Å²) in [5, 5.41) is 2.73. The highest BCUT2D eigenvalue weighted by Gasteiger charge is 2.00. The van der Waals surface area contributed by atoms with Crippen LogP contribution in [0.1, 0.15) is 13.8 Å². The Morgan fingerprint density at radius 3 is 2.80 bits per heavy atom. The maximum atomic E-state index is 10.6. The highest BCUT2D eigenvalue weighted by molar-refractivity contribution is 5.71. The Morgan fingerprint density at radius 1 is 1.80 bits per heavy atom. The fourth-order valence-corrected chi connectivity index (χ4v) is 0.456. The molecule has 4 nitrogen and oxygen atoms in total. The largest absolute Gasteiger partial charge is 0.465 e. The van der Waals surface area contributed by atoms with E-state index in [0.717, 1.165) is 0 Å². The van der Waals surface area contributed by atoms with Crippen molar-refractivity contribution in [1.29, 1.82) is 0 Å². The normalized spacial score (nSPS) is 12.7. The van der Waals surface area contributed by atoms with Gasteiger partial charge in [-0.3, -0.25) is 10.1 Å². The summed E-state index contributed by atoms with van der Waals surface area (Å²) < 4.78 is 4.64. The molecular formula is C6H14N2O2. The van der Waals surface area contributed by atoms with E-state index >= 15 is 0 Å². The fourth-order valence-electron chi connectivity index (χ4n) is 0.456. The highest BCUT2D eigenvalue weighted by atomic mass is 16.5. The number of esters is 1. The first-order valence-electron chi connectivity index (χ1n) is 3.31. The minimum absolute atomic E-state index is 0.163. The van der Waals surface area contributed by atoms with Gasteiger partial charge in [-0.2, -0.15) is 0 Å². The van der Waals surface area contributed by atoms with Crippen molar-refractivity contribution in [3.63, 3.8) is 0 Å². The van der Waals surface area contributed by atoms with Crippen LogP contribution < -0.4 is 11.1 Å². The smallest absolute Gasteiger partial charge is 0.319 e. The van der Waals surface area contributed by atoms with Gasteiger partial charge in [0.1, 0.15) is 0 Å². The van der Waals surface area contributed by atoms with Gasteiger partial charge in [-0.15, -0.1) is 0 Å². The first kappa shape index (κ1) is 9.39. The SMILES string of the molecule is CCOC(=O)CNC(C)N. The first-order chi connectivity index (χ1) is 4.66. The van der Waals surface area contributed by atoms with Gasteiger partial charge in [-0.25, -0.2) is 0 Å². The molecule has 0 fully saturated rings. The second-order valence-electron chi connectivity index (χ2n) is 1.97. The fraction of sp³-hybridized carbons (Fsp3) is 0.833. The second kappa shape index (κ2) is 5.20. The average Bonchev–Trinajstić information content (AvgIpc) is 1.85. The Balaban J connectivity index is 3.22. The summed E-state index contributed by atoms with van der Waals surface area (Å²) in [6.45, 7) is 4.13. The van der Waals surface area contributed by atoms with Crippen LogP contribution in [0, 0.1) is 0 Å². The topological polar surface area (TPSA) is 64.3 Å². The van der Waals surface area contributed by atoms with Gasteiger partial charge in [-0.1, -0.05) is 0 Å². The van der Waals surface area contributed by atoms with Crippen LogP contribution in [0.5, 0.6) is 0 Å². The summed E-state index contributed by atoms with van der Waals surface area (Å²) in [5.74, 6) is -0.264. The van der Waals surface area contributed by atoms with Crippen molar-refractivity contribution >= 4 is 5.97 Å². The molecule has 0 aliphatic heterocycles. The lowest BCUT2D eigenvalue weighted by atomic mass is 10.5. The summed E-state index contributed by atoms with van der Waals surface area (Å²) >= 11 is 0. The van der Waals surface area contributed by atoms with Crippen molar-refractivity contribution in [3.05, 3.63) is 0 Å². The van der Waals surface area contributed by atoms with Gasteiger partial charge in [0.05, 0.1) is 19.3 Å². The average molecular weight is 146 g/mol. The van der Waals surface area contributed by atoms with Crippen LogP contribution in [0.3, 0.4) is 0 Å². The Bertz CT molecular complexity index is 104. The number of hydrogen-bond donors (Lipinski definition) is 2. The van der Waals surface area contributed by atoms with Gasteiger partial charge < -0.3 is 10.5 Å². The van der Waals surface area contributed by atoms with E-state index in [1.54, 1.807) is 13.8 Å². The predicted octanol–water partition coefficient (Wildman–Crippen LogP) is -0.556. The van der Waals surface area contributed by atoms with Crippen molar-refractivity contribution in [3.8, 4) is 0 Å². The molecule has 0 aromatic carbocycles. The van der Waals surface area contributed by atoms with Crippen LogP contribution in [-0.2, 0) is 9.53 Å². The van der Waals surface area contributed by atoms with Gasteiger partial charge >= 0.3 is 5.97 Å². The molecular weight excluding hydrogens is 132 g/mol. The van der Waals surface area contributed by atoms with Gasteiger partial charge in [0.2, 0.25) is 0 Å². The quantitative estimate of drug-likeness (QED) is 0.412. The monoisotopic (exact) mass is 146 g/mol. The van der Waals surface area contributed by atoms with E-state index in [9.17, 15) is 4.79 Å². The second-order valence-corrected chi connectivity index (χ2v) is 1.97. The van der Waals surface area contributed by atoms with Gasteiger partial charge in [0.25, 0.3) is 0 Å². The zero-order valence-electron chi connectivity index (χ0n) is 6.39. The van der Waals surface area contributed by atoms with E-state index in [2.05, 4.69) is 10.1 Å². The molecule has 0 amide bonds. The number of ether oxygens (including phenoxy) is 1. The summed E-state index contributed by atoms with van der Waals surface area (Å²) in [6.07, 6.45) is -0.163. The Labute approximate surface area is 60.7 Å². The molecule has 1 atom stereocenters. The maximum Gasteiger partial charge on any atom is 0.319 e. The van der Waals surface area contributed by atoms with Crippen LogP contribution in [0.15, 0.2) is 0 Å². The number of nitrogens with one attached hydrogen (secondary N) is 1. The van der Waals surface area contributed by atoms with Crippen LogP contribution in [0.25, 0.3) is 0 Å². The number of hydrogen-bond acceptors (Lipinski definition) is 4. The molecule has 3 N–H and O–H groups in total. The van der Waals surface area contributed by atoms with Crippen molar-refractivity contribution in [2.24, 2.45) is 5.73 Å². The predicted molar refractivity (Wildman–Crippen MR) is 38.3 cm³/mol. The number of carbonyl (C=O) groups is 1. The molecule has 0 aromatic rings. The molecule has 0 aliphatic rings. The number of nitrogens with two attached hydrogens (primary N) is 1. The van der Waals surface area contributed by atoms with E-state index in [0.29, 0.717) is 6.61 Å². The molecule has 0 aliphatic carbocycles. The van der Waals surface area contributed by atoms with Crippen LogP contribution in [0.2, 0.25) is 0 Å². The lowest BCUT2D eigenvalue weighted by Gasteiger charge is -2.06. The third-order valence-corrected chi connectivity index (χ3v) is 0.874. The summed E-state index contributed by atoms with van der Waals surface area (Å²) in [4.78, 5) is 10.6. The van der Waals surface area contributed by atoms with Crippen molar-refractivity contribution in [1.82, 2.24) is 5.32 Å². The standard InChI is InChI=1S/C6H14N2O2/c1-3-10-6(9)4-8-5(2)7/h5,8H,3-4,7H2,1-2H3. The third-order valence-electron chi connectivity index (χ3n) is 0.874. The van der Waals surface area contributed by atoms with E-state index < -0.39 is 0 Å². The van der Waals surface area contributed by atoms with Crippen LogP contribution in [0.4, 0.5) is 0 Å². The van der Waals surface area contributed by atoms with Gasteiger partial charge in [0.15, 0.2) is 0 Å². The molecule has 0 aromatic heterocycles. The van der Waals surface area contributed by atoms with Crippen LogP contribution >= 0.6 is 0 Å². The molecule has 1 unspecified atom stereocenters. The molecule has 60 valence electrons. The lowest BCUT2D eigenvalue weighted by molar-refractivity contribution is -0.142. The van der Waals surface area contributed by atoms with Crippen LogP contribution in [-0.4, -0.2) is 25.3 Å². The Morgan fingerprint density at radius 2 is 2.40 bits per heavy atom. The molecule has 0 saturated heterocycles. The number of carbonyl (C=O) groups excluding carboxylic acids is 1. The zero-order valence-corrected chi connectivity index (χ0v) is 6.39. The van der Waals surface area contributed by atoms with Gasteiger partial charge in [0, 0.05) is 0 Å². The lowest BCUT2D eigenvalue weighted by Crippen LogP contribution is -2.38. The molecule has 0 radical (unpaired) electrons. The summed E-state index contributed by atoms with van der Waals surface area (Å²) in [5.41, 5.74) is 5.32. The Hall–Kier alpha value is -0.610. The molecule has 10 heavy (non-hydrogen) atoms. The van der Waals surface area contributed by atoms with Crippen molar-refractivity contribution in [2.75, 3.05) is 13.2 Å².